The first-order valence-corrected chi connectivity index (χ1v) is 9.89. The van der Waals surface area contributed by atoms with Gasteiger partial charge in [-0.1, -0.05) is 6.07 Å². The molecule has 0 spiro atoms. The maximum atomic E-state index is 12.7. The normalized spacial score (nSPS) is 14.5. The van der Waals surface area contributed by atoms with Crippen LogP contribution < -0.4 is 20.7 Å². The van der Waals surface area contributed by atoms with Crippen molar-refractivity contribution in [3.8, 4) is 17.0 Å². The van der Waals surface area contributed by atoms with Crippen LogP contribution in [0.3, 0.4) is 0 Å². The van der Waals surface area contributed by atoms with E-state index in [-0.39, 0.29) is 29.0 Å². The first kappa shape index (κ1) is 17.6. The highest BCUT2D eigenvalue weighted by molar-refractivity contribution is 6.00. The van der Waals surface area contributed by atoms with E-state index in [0.29, 0.717) is 22.7 Å². The standard InChI is InChI=1S/C22H23N7O3/c1-12-9-16(25-11-24-12)14-5-4-6-15(20(14)32-3)26-17-10-18(27-21(30)13-7-8-13)28-29-19(17)22(31)23-2/h4-6,9-11,13H,7-8H2,1-3H3,(H,23,31)(H2,26,27,28,30)/i2D3. The number of nitrogens with one attached hydrogen (secondary N) is 3. The second-order valence-electron chi connectivity index (χ2n) is 7.27. The van der Waals surface area contributed by atoms with Gasteiger partial charge in [-0.05, 0) is 38.0 Å². The van der Waals surface area contributed by atoms with Crippen LogP contribution in [0.15, 0.2) is 36.7 Å². The lowest BCUT2D eigenvalue weighted by molar-refractivity contribution is -0.117. The average Bonchev–Trinajstić information content (AvgIpc) is 3.63. The van der Waals surface area contributed by atoms with Crippen LogP contribution in [0, 0.1) is 12.8 Å². The van der Waals surface area contributed by atoms with Gasteiger partial charge in [0.1, 0.15) is 6.33 Å². The molecule has 3 aromatic rings. The van der Waals surface area contributed by atoms with E-state index in [9.17, 15) is 9.59 Å². The largest absolute Gasteiger partial charge is 0.494 e. The summed E-state index contributed by atoms with van der Waals surface area (Å²) in [6.07, 6.45) is 3.05. The monoisotopic (exact) mass is 436 g/mol. The van der Waals surface area contributed by atoms with Gasteiger partial charge in [-0.2, -0.15) is 0 Å². The van der Waals surface area contributed by atoms with E-state index < -0.39 is 12.9 Å². The van der Waals surface area contributed by atoms with E-state index in [4.69, 9.17) is 8.85 Å². The van der Waals surface area contributed by atoms with Crippen LogP contribution in [0.1, 0.15) is 33.1 Å². The molecule has 0 bridgehead atoms. The van der Waals surface area contributed by atoms with Crippen LogP contribution >= 0.6 is 0 Å². The summed E-state index contributed by atoms with van der Waals surface area (Å²) in [5.41, 5.74) is 2.38. The van der Waals surface area contributed by atoms with E-state index in [1.807, 2.05) is 18.3 Å². The predicted octanol–water partition coefficient (Wildman–Crippen LogP) is 2.70. The fraction of sp³-hybridized carbons (Fsp3) is 0.273. The number of ether oxygens (including phenoxy) is 1. The molecule has 4 rings (SSSR count). The maximum Gasteiger partial charge on any atom is 0.273 e. The molecule has 3 N–H and O–H groups in total. The number of amides is 2. The molecule has 1 aliphatic carbocycles. The molecule has 32 heavy (non-hydrogen) atoms. The lowest BCUT2D eigenvalue weighted by atomic mass is 10.1. The van der Waals surface area contributed by atoms with Gasteiger partial charge in [0.25, 0.3) is 5.91 Å². The number of aryl methyl sites for hydroxylation is 1. The zero-order valence-electron chi connectivity index (χ0n) is 20.5. The lowest BCUT2D eigenvalue weighted by Gasteiger charge is -2.17. The number of hydrogen-bond acceptors (Lipinski definition) is 8. The first-order valence-electron chi connectivity index (χ1n) is 11.4. The Morgan fingerprint density at radius 2 is 2.00 bits per heavy atom. The summed E-state index contributed by atoms with van der Waals surface area (Å²) in [5.74, 6) is -0.672. The van der Waals surface area contributed by atoms with Gasteiger partial charge in [-0.3, -0.25) is 9.59 Å². The Morgan fingerprint density at radius 1 is 1.16 bits per heavy atom. The molecule has 0 atom stereocenters. The lowest BCUT2D eigenvalue weighted by Crippen LogP contribution is -2.22. The fourth-order valence-corrected chi connectivity index (χ4v) is 3.15. The Kier molecular flexibility index (Phi) is 4.93. The minimum atomic E-state index is -2.72. The number of methoxy groups -OCH3 is 1. The van der Waals surface area contributed by atoms with Gasteiger partial charge < -0.3 is 20.7 Å². The van der Waals surface area contributed by atoms with E-state index in [1.165, 1.54) is 19.5 Å². The summed E-state index contributed by atoms with van der Waals surface area (Å²) >= 11 is 0. The Labute approximate surface area is 189 Å². The quantitative estimate of drug-likeness (QED) is 0.515. The summed E-state index contributed by atoms with van der Waals surface area (Å²) < 4.78 is 27.7. The number of aromatic nitrogens is 4. The van der Waals surface area contributed by atoms with Crippen molar-refractivity contribution in [3.63, 3.8) is 0 Å². The minimum absolute atomic E-state index is 0.0696. The predicted molar refractivity (Wildman–Crippen MR) is 119 cm³/mol. The Hall–Kier alpha value is -4.08. The summed E-state index contributed by atoms with van der Waals surface area (Å²) in [4.78, 5) is 33.3. The van der Waals surface area contributed by atoms with Crippen LogP contribution in [0.25, 0.3) is 11.3 Å². The molecular formula is C22H23N7O3. The summed E-state index contributed by atoms with van der Waals surface area (Å²) in [7, 11) is 1.49. The first-order chi connectivity index (χ1) is 16.6. The number of benzene rings is 1. The topological polar surface area (TPSA) is 131 Å². The van der Waals surface area contributed by atoms with Crippen molar-refractivity contribution >= 4 is 29.0 Å². The van der Waals surface area contributed by atoms with Crippen molar-refractivity contribution in [2.75, 3.05) is 24.7 Å². The van der Waals surface area contributed by atoms with Crippen LogP contribution in [0.2, 0.25) is 0 Å². The van der Waals surface area contributed by atoms with Crippen molar-refractivity contribution in [1.29, 1.82) is 0 Å². The summed E-state index contributed by atoms with van der Waals surface area (Å²) in [6, 6.07) is 8.52. The molecule has 1 aromatic carbocycles. The molecule has 164 valence electrons. The molecule has 0 radical (unpaired) electrons. The van der Waals surface area contributed by atoms with Crippen LogP contribution in [0.4, 0.5) is 17.2 Å². The van der Waals surface area contributed by atoms with Crippen molar-refractivity contribution < 1.29 is 18.4 Å². The highest BCUT2D eigenvalue weighted by Crippen LogP contribution is 2.38. The second kappa shape index (κ2) is 8.96. The number of para-hydroxylation sites is 1. The van der Waals surface area contributed by atoms with Crippen molar-refractivity contribution in [2.45, 2.75) is 19.8 Å². The van der Waals surface area contributed by atoms with E-state index in [2.05, 4.69) is 30.8 Å². The summed E-state index contributed by atoms with van der Waals surface area (Å²) in [6.45, 7) is -0.882. The molecule has 10 nitrogen and oxygen atoms in total. The van der Waals surface area contributed by atoms with E-state index in [0.717, 1.165) is 18.5 Å². The van der Waals surface area contributed by atoms with Gasteiger partial charge in [0.05, 0.1) is 24.2 Å². The zero-order chi connectivity index (χ0) is 25.2. The fourth-order valence-electron chi connectivity index (χ4n) is 3.15. The molecule has 2 amide bonds. The molecule has 1 saturated carbocycles. The number of rotatable bonds is 7. The maximum absolute atomic E-state index is 12.7. The molecule has 2 heterocycles. The highest BCUT2D eigenvalue weighted by Gasteiger charge is 2.30. The Morgan fingerprint density at radius 3 is 2.72 bits per heavy atom. The van der Waals surface area contributed by atoms with Gasteiger partial charge in [0.2, 0.25) is 5.91 Å². The van der Waals surface area contributed by atoms with E-state index in [1.54, 1.807) is 18.2 Å². The number of anilines is 3. The molecule has 2 aromatic heterocycles. The molecule has 1 fully saturated rings. The molecular weight excluding hydrogens is 410 g/mol. The second-order valence-corrected chi connectivity index (χ2v) is 7.27. The minimum Gasteiger partial charge on any atom is -0.494 e. The third-order valence-electron chi connectivity index (χ3n) is 4.89. The van der Waals surface area contributed by atoms with Gasteiger partial charge in [-0.25, -0.2) is 9.97 Å². The van der Waals surface area contributed by atoms with Crippen LogP contribution in [-0.2, 0) is 4.79 Å². The summed E-state index contributed by atoms with van der Waals surface area (Å²) in [5, 5.41) is 15.4. The van der Waals surface area contributed by atoms with Gasteiger partial charge >= 0.3 is 0 Å². The van der Waals surface area contributed by atoms with Gasteiger partial charge in [0, 0.05) is 34.3 Å². The number of hydrogen-bond donors (Lipinski definition) is 3. The average molecular weight is 436 g/mol. The molecule has 0 unspecified atom stereocenters. The molecule has 0 saturated heterocycles. The molecule has 1 aliphatic rings. The number of carbonyl (C=O) groups is 2. The zero-order valence-corrected chi connectivity index (χ0v) is 17.5. The Bertz CT molecular complexity index is 1280. The van der Waals surface area contributed by atoms with Crippen molar-refractivity contribution in [1.82, 2.24) is 25.5 Å². The van der Waals surface area contributed by atoms with Crippen LogP contribution in [0.5, 0.6) is 5.75 Å². The number of carbonyl (C=O) groups excluding carboxylic acids is 2. The van der Waals surface area contributed by atoms with E-state index >= 15 is 0 Å². The third-order valence-corrected chi connectivity index (χ3v) is 4.89. The van der Waals surface area contributed by atoms with Crippen LogP contribution in [-0.4, -0.2) is 46.1 Å². The van der Waals surface area contributed by atoms with Crippen molar-refractivity contribution in [3.05, 3.63) is 48.0 Å². The molecule has 10 heteroatoms. The number of nitrogens with zero attached hydrogens (tertiary/aromatic N) is 4. The van der Waals surface area contributed by atoms with Gasteiger partial charge in [-0.15, -0.1) is 10.2 Å². The highest BCUT2D eigenvalue weighted by atomic mass is 16.5. The SMILES string of the molecule is [2H]C([2H])([2H])NC(=O)c1nnc(NC(=O)C2CC2)cc1Nc1cccc(-c2cc(C)ncn2)c1OC. The molecule has 0 aliphatic heterocycles. The van der Waals surface area contributed by atoms with Gasteiger partial charge in [0.15, 0.2) is 17.3 Å². The Balaban J connectivity index is 1.73. The van der Waals surface area contributed by atoms with Crippen molar-refractivity contribution in [2.24, 2.45) is 5.92 Å². The smallest absolute Gasteiger partial charge is 0.273 e. The third kappa shape index (κ3) is 4.48.